The van der Waals surface area contributed by atoms with Gasteiger partial charge in [-0.1, -0.05) is 37.1 Å². The monoisotopic (exact) mass is 397 g/mol. The van der Waals surface area contributed by atoms with E-state index < -0.39 is 9.84 Å². The number of rotatable bonds is 6. The molecule has 148 valence electrons. The summed E-state index contributed by atoms with van der Waals surface area (Å²) in [5, 5.41) is 0. The molecule has 2 saturated carbocycles. The third-order valence-electron chi connectivity index (χ3n) is 5.77. The Morgan fingerprint density at radius 3 is 2.29 bits per heavy atom. The predicted octanol–water partition coefficient (Wildman–Crippen LogP) is 4.99. The zero-order valence-corrected chi connectivity index (χ0v) is 17.3. The Balaban J connectivity index is 1.76. The summed E-state index contributed by atoms with van der Waals surface area (Å²) in [5.74, 6) is 1.83. The van der Waals surface area contributed by atoms with Gasteiger partial charge in [0, 0.05) is 17.4 Å². The summed E-state index contributed by atoms with van der Waals surface area (Å²) in [7, 11) is -1.53. The van der Waals surface area contributed by atoms with Crippen molar-refractivity contribution in [2.24, 2.45) is 5.92 Å². The molecular formula is C23H27NO3S. The smallest absolute Gasteiger partial charge is 0.217 e. The molecule has 4 rings (SSSR count). The summed E-state index contributed by atoms with van der Waals surface area (Å²) < 4.78 is 29.2. The zero-order chi connectivity index (χ0) is 19.7. The third-order valence-corrected chi connectivity index (χ3v) is 6.90. The van der Waals surface area contributed by atoms with Crippen LogP contribution in [0, 0.1) is 5.92 Å². The van der Waals surface area contributed by atoms with Crippen molar-refractivity contribution in [1.29, 1.82) is 0 Å². The number of pyridine rings is 1. The molecule has 2 aromatic rings. The number of nitrogens with zero attached hydrogens (tertiary/aromatic N) is 1. The van der Waals surface area contributed by atoms with Crippen LogP contribution in [0.15, 0.2) is 47.4 Å². The van der Waals surface area contributed by atoms with E-state index >= 15 is 0 Å². The lowest BCUT2D eigenvalue weighted by Gasteiger charge is -2.14. The van der Waals surface area contributed by atoms with E-state index in [-0.39, 0.29) is 0 Å². The van der Waals surface area contributed by atoms with Crippen molar-refractivity contribution >= 4 is 15.4 Å². The van der Waals surface area contributed by atoms with Gasteiger partial charge >= 0.3 is 0 Å². The van der Waals surface area contributed by atoms with Crippen molar-refractivity contribution < 1.29 is 13.2 Å². The predicted molar refractivity (Wildman–Crippen MR) is 111 cm³/mol. The van der Waals surface area contributed by atoms with Crippen molar-refractivity contribution in [1.82, 2.24) is 4.98 Å². The molecule has 4 nitrogen and oxygen atoms in total. The van der Waals surface area contributed by atoms with Crippen molar-refractivity contribution in [3.05, 3.63) is 59.3 Å². The lowest BCUT2D eigenvalue weighted by Crippen LogP contribution is -2.01. The number of allylic oxidation sites excluding steroid dienone is 1. The maximum Gasteiger partial charge on any atom is 0.217 e. The number of ether oxygens (including phenoxy) is 1. The van der Waals surface area contributed by atoms with Gasteiger partial charge in [-0.15, -0.1) is 0 Å². The average molecular weight is 398 g/mol. The summed E-state index contributed by atoms with van der Waals surface area (Å²) in [4.78, 5) is 5.17. The quantitative estimate of drug-likeness (QED) is 0.689. The summed E-state index contributed by atoms with van der Waals surface area (Å²) in [6.07, 6.45) is 10.9. The van der Waals surface area contributed by atoms with Gasteiger partial charge in [0.15, 0.2) is 9.84 Å². The van der Waals surface area contributed by atoms with E-state index in [1.807, 2.05) is 12.1 Å². The van der Waals surface area contributed by atoms with E-state index in [0.29, 0.717) is 22.6 Å². The van der Waals surface area contributed by atoms with E-state index in [0.717, 1.165) is 16.8 Å². The van der Waals surface area contributed by atoms with Crippen LogP contribution in [0.2, 0.25) is 0 Å². The zero-order valence-electron chi connectivity index (χ0n) is 16.5. The number of hydrogen-bond donors (Lipinski definition) is 0. The number of aromatic nitrogens is 1. The van der Waals surface area contributed by atoms with Crippen LogP contribution in [0.4, 0.5) is 0 Å². The summed E-state index contributed by atoms with van der Waals surface area (Å²) in [6.45, 7) is 0. The molecule has 2 aliphatic rings. The Kier molecular flexibility index (Phi) is 5.28. The molecule has 0 saturated heterocycles. The summed E-state index contributed by atoms with van der Waals surface area (Å²) in [6, 6.07) is 11.4. The SMILES string of the molecule is COc1nc(C(=CC2CCCC2)c2ccc(S(C)(=O)=O)cc2)ccc1C1CC1. The van der Waals surface area contributed by atoms with Crippen LogP contribution < -0.4 is 4.74 Å². The van der Waals surface area contributed by atoms with Crippen molar-refractivity contribution in [2.45, 2.75) is 49.3 Å². The fraction of sp³-hybridized carbons (Fsp3) is 0.435. The molecule has 0 spiro atoms. The largest absolute Gasteiger partial charge is 0.481 e. The first-order valence-corrected chi connectivity index (χ1v) is 11.9. The minimum Gasteiger partial charge on any atom is -0.481 e. The maximum atomic E-state index is 11.8. The third kappa shape index (κ3) is 4.14. The highest BCUT2D eigenvalue weighted by Gasteiger charge is 2.28. The number of hydrogen-bond acceptors (Lipinski definition) is 4. The van der Waals surface area contributed by atoms with Gasteiger partial charge in [-0.2, -0.15) is 0 Å². The first-order chi connectivity index (χ1) is 13.5. The van der Waals surface area contributed by atoms with Crippen molar-refractivity contribution in [2.75, 3.05) is 13.4 Å². The van der Waals surface area contributed by atoms with E-state index in [2.05, 4.69) is 18.2 Å². The number of benzene rings is 1. The normalized spacial score (nSPS) is 18.4. The Labute approximate surface area is 167 Å². The lowest BCUT2D eigenvalue weighted by molar-refractivity contribution is 0.392. The van der Waals surface area contributed by atoms with E-state index in [4.69, 9.17) is 9.72 Å². The second kappa shape index (κ2) is 7.70. The molecule has 5 heteroatoms. The molecule has 0 radical (unpaired) electrons. The average Bonchev–Trinajstić information content (AvgIpc) is 3.41. The highest BCUT2D eigenvalue weighted by molar-refractivity contribution is 7.90. The Hall–Kier alpha value is -2.14. The Bertz CT molecular complexity index is 983. The molecule has 0 aliphatic heterocycles. The lowest BCUT2D eigenvalue weighted by atomic mass is 9.95. The van der Waals surface area contributed by atoms with Crippen LogP contribution in [0.5, 0.6) is 5.88 Å². The van der Waals surface area contributed by atoms with Crippen LogP contribution >= 0.6 is 0 Å². The van der Waals surface area contributed by atoms with Crippen LogP contribution in [0.1, 0.15) is 61.3 Å². The van der Waals surface area contributed by atoms with Crippen LogP contribution in [0.3, 0.4) is 0 Å². The molecule has 0 amide bonds. The molecule has 0 atom stereocenters. The topological polar surface area (TPSA) is 56.3 Å². The van der Waals surface area contributed by atoms with Crippen molar-refractivity contribution in [3.63, 3.8) is 0 Å². The van der Waals surface area contributed by atoms with Gasteiger partial charge in [-0.25, -0.2) is 13.4 Å². The fourth-order valence-corrected chi connectivity index (χ4v) is 4.67. The van der Waals surface area contributed by atoms with Gasteiger partial charge in [0.25, 0.3) is 0 Å². The van der Waals surface area contributed by atoms with Gasteiger partial charge < -0.3 is 4.74 Å². The molecule has 1 aromatic carbocycles. The maximum absolute atomic E-state index is 11.8. The minimum atomic E-state index is -3.21. The Morgan fingerprint density at radius 2 is 1.71 bits per heavy atom. The number of sulfone groups is 1. The first-order valence-electron chi connectivity index (χ1n) is 10.0. The Morgan fingerprint density at radius 1 is 1.04 bits per heavy atom. The molecule has 0 N–H and O–H groups in total. The minimum absolute atomic E-state index is 0.339. The summed E-state index contributed by atoms with van der Waals surface area (Å²) in [5.41, 5.74) is 4.14. The molecular weight excluding hydrogens is 370 g/mol. The van der Waals surface area contributed by atoms with E-state index in [1.54, 1.807) is 19.2 Å². The molecule has 0 unspecified atom stereocenters. The molecule has 0 bridgehead atoms. The second-order valence-electron chi connectivity index (χ2n) is 7.99. The van der Waals surface area contributed by atoms with Gasteiger partial charge in [0.2, 0.25) is 5.88 Å². The van der Waals surface area contributed by atoms with Crippen LogP contribution in [-0.4, -0.2) is 26.8 Å². The fourth-order valence-electron chi connectivity index (χ4n) is 4.04. The van der Waals surface area contributed by atoms with E-state index in [1.165, 1.54) is 50.3 Å². The first kappa shape index (κ1) is 19.2. The summed E-state index contributed by atoms with van der Waals surface area (Å²) >= 11 is 0. The van der Waals surface area contributed by atoms with Crippen LogP contribution in [-0.2, 0) is 9.84 Å². The molecule has 28 heavy (non-hydrogen) atoms. The van der Waals surface area contributed by atoms with Gasteiger partial charge in [-0.05, 0) is 61.3 Å². The second-order valence-corrected chi connectivity index (χ2v) is 10.0. The molecule has 2 aliphatic carbocycles. The molecule has 2 fully saturated rings. The highest BCUT2D eigenvalue weighted by Crippen LogP contribution is 2.44. The van der Waals surface area contributed by atoms with Crippen LogP contribution in [0.25, 0.3) is 5.57 Å². The van der Waals surface area contributed by atoms with Crippen molar-refractivity contribution in [3.8, 4) is 5.88 Å². The van der Waals surface area contributed by atoms with E-state index in [9.17, 15) is 8.42 Å². The van der Waals surface area contributed by atoms with Gasteiger partial charge in [0.05, 0.1) is 17.7 Å². The van der Waals surface area contributed by atoms with Gasteiger partial charge in [-0.3, -0.25) is 0 Å². The molecule has 1 heterocycles. The standard InChI is InChI=1S/C23H27NO3S/c1-27-23-20(17-7-8-17)13-14-22(24-23)21(15-16-5-3-4-6-16)18-9-11-19(12-10-18)28(2,25)26/h9-17H,3-8H2,1-2H3. The van der Waals surface area contributed by atoms with Gasteiger partial charge in [0.1, 0.15) is 0 Å². The number of methoxy groups -OCH3 is 1. The highest BCUT2D eigenvalue weighted by atomic mass is 32.2. The molecule has 1 aromatic heterocycles.